The third kappa shape index (κ3) is 3.49. The topological polar surface area (TPSA) is 59.1 Å². The molecule has 6 nitrogen and oxygen atoms in total. The van der Waals surface area contributed by atoms with Gasteiger partial charge in [0.05, 0.1) is 19.6 Å². The van der Waals surface area contributed by atoms with Crippen molar-refractivity contribution < 1.29 is 19.1 Å². The molecular weight excluding hydrogens is 320 g/mol. The predicted molar refractivity (Wildman–Crippen MR) is 93.6 cm³/mol. The molecule has 0 N–H and O–H groups in total. The number of imide groups is 1. The number of cyclic esters (lactones) is 1. The van der Waals surface area contributed by atoms with Crippen LogP contribution in [0.1, 0.15) is 32.3 Å². The molecule has 3 rings (SSSR count). The molecule has 2 fully saturated rings. The summed E-state index contributed by atoms with van der Waals surface area (Å²) in [7, 11) is 1.64. The molecule has 1 aromatic rings. The maximum Gasteiger partial charge on any atom is 0.416 e. The van der Waals surface area contributed by atoms with Gasteiger partial charge in [0.15, 0.2) is 0 Å². The first-order valence-corrected chi connectivity index (χ1v) is 8.68. The number of hydrogen-bond acceptors (Lipinski definition) is 5. The second kappa shape index (κ2) is 6.67. The average Bonchev–Trinajstić information content (AvgIpc) is 3.20. The van der Waals surface area contributed by atoms with E-state index in [1.807, 2.05) is 24.3 Å². The number of carbonyl (C=O) groups is 2. The normalized spacial score (nSPS) is 24.5. The molecule has 2 aliphatic rings. The highest BCUT2D eigenvalue weighted by atomic mass is 16.6. The Kier molecular flexibility index (Phi) is 4.73. The van der Waals surface area contributed by atoms with E-state index in [1.54, 1.807) is 7.11 Å². The van der Waals surface area contributed by atoms with Crippen molar-refractivity contribution in [3.8, 4) is 5.75 Å². The summed E-state index contributed by atoms with van der Waals surface area (Å²) in [6, 6.07) is 7.86. The number of methoxy groups -OCH3 is 1. The maximum atomic E-state index is 13.0. The summed E-state index contributed by atoms with van der Waals surface area (Å²) in [6.45, 7) is 8.50. The third-order valence-corrected chi connectivity index (χ3v) is 5.16. The van der Waals surface area contributed by atoms with Gasteiger partial charge in [0.2, 0.25) is 5.91 Å². The van der Waals surface area contributed by atoms with Crippen molar-refractivity contribution in [2.45, 2.75) is 32.2 Å². The maximum absolute atomic E-state index is 13.0. The molecule has 136 valence electrons. The molecular formula is C19H26N2O4. The lowest BCUT2D eigenvalue weighted by molar-refractivity contribution is -0.132. The molecule has 2 amide bonds. The number of likely N-dealkylation sites (tertiary alicyclic amines) is 1. The van der Waals surface area contributed by atoms with Crippen LogP contribution in [-0.2, 0) is 9.53 Å². The summed E-state index contributed by atoms with van der Waals surface area (Å²) in [5.74, 6) is 0.458. The SMILES string of the molecule is COc1ccc(C2CN(C(C)(C)C)CC2C(=O)N2CCOC2=O)cc1. The highest BCUT2D eigenvalue weighted by molar-refractivity contribution is 5.95. The van der Waals surface area contributed by atoms with E-state index in [2.05, 4.69) is 25.7 Å². The molecule has 2 saturated heterocycles. The van der Waals surface area contributed by atoms with Crippen LogP contribution in [0.4, 0.5) is 4.79 Å². The van der Waals surface area contributed by atoms with E-state index in [1.165, 1.54) is 4.90 Å². The van der Waals surface area contributed by atoms with Crippen LogP contribution in [0, 0.1) is 5.92 Å². The molecule has 25 heavy (non-hydrogen) atoms. The Morgan fingerprint density at radius 2 is 1.88 bits per heavy atom. The second-order valence-corrected chi connectivity index (χ2v) is 7.67. The standard InChI is InChI=1S/C19H26N2O4/c1-19(2,3)20-11-15(13-5-7-14(24-4)8-6-13)16(12-20)17(22)21-9-10-25-18(21)23/h5-8,15-16H,9-12H2,1-4H3. The molecule has 2 atom stereocenters. The van der Waals surface area contributed by atoms with Gasteiger partial charge in [0.25, 0.3) is 0 Å². The number of nitrogens with zero attached hydrogens (tertiary/aromatic N) is 2. The van der Waals surface area contributed by atoms with E-state index in [4.69, 9.17) is 9.47 Å². The predicted octanol–water partition coefficient (Wildman–Crippen LogP) is 2.49. The van der Waals surface area contributed by atoms with E-state index in [-0.39, 0.29) is 29.9 Å². The fraction of sp³-hybridized carbons (Fsp3) is 0.579. The molecule has 0 bridgehead atoms. The van der Waals surface area contributed by atoms with Crippen molar-refractivity contribution in [3.05, 3.63) is 29.8 Å². The lowest BCUT2D eigenvalue weighted by Gasteiger charge is -2.31. The van der Waals surface area contributed by atoms with Gasteiger partial charge in [0, 0.05) is 24.5 Å². The molecule has 2 aliphatic heterocycles. The number of carbonyl (C=O) groups excluding carboxylic acids is 2. The summed E-state index contributed by atoms with van der Waals surface area (Å²) >= 11 is 0. The van der Waals surface area contributed by atoms with Crippen molar-refractivity contribution in [2.75, 3.05) is 33.4 Å². The highest BCUT2D eigenvalue weighted by Crippen LogP contribution is 2.38. The van der Waals surface area contributed by atoms with Gasteiger partial charge in [-0.25, -0.2) is 9.69 Å². The zero-order valence-corrected chi connectivity index (χ0v) is 15.3. The quantitative estimate of drug-likeness (QED) is 0.842. The molecule has 2 unspecified atom stereocenters. The Morgan fingerprint density at radius 1 is 1.20 bits per heavy atom. The van der Waals surface area contributed by atoms with Gasteiger partial charge in [0.1, 0.15) is 12.4 Å². The summed E-state index contributed by atoms with van der Waals surface area (Å²) in [4.78, 5) is 28.4. The Labute approximate surface area is 148 Å². The fourth-order valence-corrected chi connectivity index (χ4v) is 3.58. The van der Waals surface area contributed by atoms with Crippen LogP contribution in [0.2, 0.25) is 0 Å². The number of benzene rings is 1. The van der Waals surface area contributed by atoms with Gasteiger partial charge < -0.3 is 9.47 Å². The van der Waals surface area contributed by atoms with Crippen molar-refractivity contribution in [1.82, 2.24) is 9.80 Å². The lowest BCUT2D eigenvalue weighted by Crippen LogP contribution is -2.42. The van der Waals surface area contributed by atoms with Gasteiger partial charge in [-0.3, -0.25) is 9.69 Å². The van der Waals surface area contributed by atoms with E-state index in [9.17, 15) is 9.59 Å². The van der Waals surface area contributed by atoms with Crippen LogP contribution in [0.5, 0.6) is 5.75 Å². The van der Waals surface area contributed by atoms with Crippen LogP contribution in [-0.4, -0.2) is 60.7 Å². The number of rotatable bonds is 3. The molecule has 0 saturated carbocycles. The summed E-state index contributed by atoms with van der Waals surface area (Å²) in [6.07, 6.45) is -0.521. The minimum atomic E-state index is -0.521. The van der Waals surface area contributed by atoms with Crippen molar-refractivity contribution in [3.63, 3.8) is 0 Å². The monoisotopic (exact) mass is 346 g/mol. The smallest absolute Gasteiger partial charge is 0.416 e. The van der Waals surface area contributed by atoms with Crippen LogP contribution in [0.25, 0.3) is 0 Å². The summed E-state index contributed by atoms with van der Waals surface area (Å²) in [5, 5.41) is 0. The number of ether oxygens (including phenoxy) is 2. The van der Waals surface area contributed by atoms with Crippen molar-refractivity contribution in [2.24, 2.45) is 5.92 Å². The molecule has 0 aromatic heterocycles. The van der Waals surface area contributed by atoms with Gasteiger partial charge >= 0.3 is 6.09 Å². The Bertz CT molecular complexity index is 650. The first-order valence-electron chi connectivity index (χ1n) is 8.68. The fourth-order valence-electron chi connectivity index (χ4n) is 3.58. The van der Waals surface area contributed by atoms with Crippen LogP contribution >= 0.6 is 0 Å². The van der Waals surface area contributed by atoms with Crippen molar-refractivity contribution >= 4 is 12.0 Å². The highest BCUT2D eigenvalue weighted by Gasteiger charge is 2.45. The van der Waals surface area contributed by atoms with E-state index < -0.39 is 6.09 Å². The zero-order chi connectivity index (χ0) is 18.2. The number of hydrogen-bond donors (Lipinski definition) is 0. The van der Waals surface area contributed by atoms with Crippen LogP contribution in [0.15, 0.2) is 24.3 Å². The minimum absolute atomic E-state index is 0.0364. The van der Waals surface area contributed by atoms with E-state index in [0.29, 0.717) is 13.1 Å². The van der Waals surface area contributed by atoms with Gasteiger partial charge in [-0.2, -0.15) is 0 Å². The molecule has 1 aromatic carbocycles. The molecule has 2 heterocycles. The zero-order valence-electron chi connectivity index (χ0n) is 15.3. The van der Waals surface area contributed by atoms with Crippen LogP contribution < -0.4 is 4.74 Å². The van der Waals surface area contributed by atoms with Gasteiger partial charge in [-0.1, -0.05) is 12.1 Å². The number of amides is 2. The Hall–Kier alpha value is -2.08. The van der Waals surface area contributed by atoms with E-state index >= 15 is 0 Å². The third-order valence-electron chi connectivity index (χ3n) is 5.16. The summed E-state index contributed by atoms with van der Waals surface area (Å²) < 4.78 is 10.2. The molecule has 6 heteroatoms. The minimum Gasteiger partial charge on any atom is -0.497 e. The van der Waals surface area contributed by atoms with E-state index in [0.717, 1.165) is 17.9 Å². The lowest BCUT2D eigenvalue weighted by atomic mass is 9.88. The molecule has 0 aliphatic carbocycles. The Balaban J connectivity index is 1.88. The average molecular weight is 346 g/mol. The van der Waals surface area contributed by atoms with Gasteiger partial charge in [-0.05, 0) is 38.5 Å². The molecule has 0 radical (unpaired) electrons. The van der Waals surface area contributed by atoms with Crippen LogP contribution in [0.3, 0.4) is 0 Å². The van der Waals surface area contributed by atoms with Gasteiger partial charge in [-0.15, -0.1) is 0 Å². The largest absolute Gasteiger partial charge is 0.497 e. The first-order chi connectivity index (χ1) is 11.8. The Morgan fingerprint density at radius 3 is 2.40 bits per heavy atom. The first kappa shape index (κ1) is 17.7. The van der Waals surface area contributed by atoms with Crippen molar-refractivity contribution in [1.29, 1.82) is 0 Å². The molecule has 0 spiro atoms. The second-order valence-electron chi connectivity index (χ2n) is 7.67. The summed E-state index contributed by atoms with van der Waals surface area (Å²) in [5.41, 5.74) is 1.06.